The molecule has 1 aromatic rings. The number of benzene rings is 1. The summed E-state index contributed by atoms with van der Waals surface area (Å²) >= 11 is 0. The number of allylic oxidation sites excluding steroid dienone is 1. The van der Waals surface area contributed by atoms with Gasteiger partial charge in [0.05, 0.1) is 11.9 Å². The van der Waals surface area contributed by atoms with Gasteiger partial charge in [0.1, 0.15) is 0 Å². The van der Waals surface area contributed by atoms with Crippen molar-refractivity contribution in [2.45, 2.75) is 32.7 Å². The van der Waals surface area contributed by atoms with Crippen LogP contribution in [0.5, 0.6) is 0 Å². The van der Waals surface area contributed by atoms with E-state index >= 15 is 0 Å². The van der Waals surface area contributed by atoms with Gasteiger partial charge < -0.3 is 10.0 Å². The Morgan fingerprint density at radius 1 is 1.45 bits per heavy atom. The largest absolute Gasteiger partial charge is 0.515 e. The molecule has 0 aliphatic carbocycles. The van der Waals surface area contributed by atoms with E-state index in [0.717, 1.165) is 35.9 Å². The van der Waals surface area contributed by atoms with Crippen LogP contribution in [-0.4, -0.2) is 28.8 Å². The van der Waals surface area contributed by atoms with Crippen LogP contribution in [0.4, 0.5) is 5.69 Å². The van der Waals surface area contributed by atoms with E-state index < -0.39 is 0 Å². The Balaban J connectivity index is 0.00000200. The van der Waals surface area contributed by atoms with Crippen LogP contribution in [0.1, 0.15) is 32.3 Å². The van der Waals surface area contributed by atoms with Crippen molar-refractivity contribution in [1.29, 1.82) is 0 Å². The van der Waals surface area contributed by atoms with Crippen LogP contribution in [0.15, 0.2) is 35.5 Å². The van der Waals surface area contributed by atoms with Gasteiger partial charge in [0.15, 0.2) is 0 Å². The van der Waals surface area contributed by atoms with Gasteiger partial charge in [-0.3, -0.25) is 11.5 Å². The third-order valence-electron chi connectivity index (χ3n) is 3.64. The minimum Gasteiger partial charge on any atom is -0.515 e. The molecule has 1 aliphatic heterocycles. The third kappa shape index (κ3) is 4.45. The van der Waals surface area contributed by atoms with Crippen molar-refractivity contribution < 1.29 is 52.0 Å². The van der Waals surface area contributed by atoms with Gasteiger partial charge in [-0.05, 0) is 43.8 Å². The minimum absolute atomic E-state index is 0. The molecule has 1 heterocycles. The van der Waals surface area contributed by atoms with E-state index in [-0.39, 0.29) is 46.9 Å². The topological polar surface area (TPSA) is 35.8 Å². The monoisotopic (exact) mass is 431 g/mol. The quantitative estimate of drug-likeness (QED) is 0.570. The fourth-order valence-electron chi connectivity index (χ4n) is 2.23. The summed E-state index contributed by atoms with van der Waals surface area (Å²) in [6, 6.07) is 8.43. The minimum atomic E-state index is 0. The summed E-state index contributed by atoms with van der Waals surface area (Å²) in [5, 5.41) is 9.17. The molecular formula is C16H21N2OYb-. The van der Waals surface area contributed by atoms with E-state index in [4.69, 9.17) is 4.99 Å². The molecule has 0 spiro atoms. The summed E-state index contributed by atoms with van der Waals surface area (Å²) in [4.78, 5) is 7.02. The molecule has 1 atom stereocenters. The maximum absolute atomic E-state index is 9.17. The van der Waals surface area contributed by atoms with Crippen molar-refractivity contribution in [2.75, 3.05) is 7.05 Å². The molecular weight excluding hydrogens is 409 g/mol. The summed E-state index contributed by atoms with van der Waals surface area (Å²) in [6.07, 6.45) is 3.03. The van der Waals surface area contributed by atoms with E-state index in [0.29, 0.717) is 6.04 Å². The normalized spacial score (nSPS) is 22.6. The molecule has 3 nitrogen and oxygen atoms in total. The van der Waals surface area contributed by atoms with E-state index in [1.807, 2.05) is 31.2 Å². The number of likely N-dealkylation sites (tertiary alicyclic amines) is 1. The average molecular weight is 430 g/mol. The second-order valence-corrected chi connectivity index (χ2v) is 5.11. The van der Waals surface area contributed by atoms with Crippen molar-refractivity contribution in [3.63, 3.8) is 0 Å². The van der Waals surface area contributed by atoms with Gasteiger partial charge in [0.2, 0.25) is 0 Å². The van der Waals surface area contributed by atoms with Gasteiger partial charge in [0, 0.05) is 52.5 Å². The Morgan fingerprint density at radius 3 is 2.80 bits per heavy atom. The summed E-state index contributed by atoms with van der Waals surface area (Å²) in [7, 11) is 2.11. The number of aliphatic imine (C=N–C) groups is 1. The molecule has 0 bridgehead atoms. The molecule has 0 amide bonds. The standard InChI is InChI=1S/C16H21N2O.Yb/c1-12(11-19)15-6-4-5-7-16(15)17-14-8-9-18(3)13(2)10-14;/h4-7,9,11,13,19H,8,10H2,1-3H3;/q-1;/b12-11-,17-14?;. The zero-order valence-electron chi connectivity index (χ0n) is 12.1. The molecule has 1 aromatic carbocycles. The molecule has 0 radical (unpaired) electrons. The van der Waals surface area contributed by atoms with Crippen molar-refractivity contribution in [3.8, 4) is 0 Å². The smallest absolute Gasteiger partial charge is 0.0827 e. The predicted octanol–water partition coefficient (Wildman–Crippen LogP) is 3.95. The molecule has 116 valence electrons. The van der Waals surface area contributed by atoms with Crippen LogP contribution in [-0.2, 0) is 0 Å². The Labute approximate surface area is 160 Å². The number of aliphatic hydroxyl groups excluding tert-OH is 1. The number of para-hydroxylation sites is 1. The van der Waals surface area contributed by atoms with Gasteiger partial charge in [0.25, 0.3) is 0 Å². The first-order valence-corrected chi connectivity index (χ1v) is 6.64. The predicted molar refractivity (Wildman–Crippen MR) is 80.6 cm³/mol. The van der Waals surface area contributed by atoms with Gasteiger partial charge in [-0.15, -0.1) is 6.42 Å². The number of hydrogen-bond donors (Lipinski definition) is 1. The molecule has 4 heteroatoms. The molecule has 1 N–H and O–H groups in total. The van der Waals surface area contributed by atoms with Crippen LogP contribution in [0, 0.1) is 53.5 Å². The van der Waals surface area contributed by atoms with Crippen LogP contribution in [0.25, 0.3) is 5.57 Å². The Bertz CT molecular complexity index is 511. The van der Waals surface area contributed by atoms with Crippen molar-refractivity contribution in [1.82, 2.24) is 4.90 Å². The second kappa shape index (κ2) is 8.38. The van der Waals surface area contributed by atoms with Crippen LogP contribution >= 0.6 is 0 Å². The first kappa shape index (κ1) is 18.0. The van der Waals surface area contributed by atoms with E-state index in [2.05, 4.69) is 25.4 Å². The summed E-state index contributed by atoms with van der Waals surface area (Å²) < 4.78 is 0. The number of hydrogen-bond acceptors (Lipinski definition) is 3. The zero-order chi connectivity index (χ0) is 13.8. The summed E-state index contributed by atoms with van der Waals surface area (Å²) in [6.45, 7) is 6.28. The molecule has 0 aromatic heterocycles. The average Bonchev–Trinajstić information content (AvgIpc) is 2.43. The van der Waals surface area contributed by atoms with Gasteiger partial charge in [-0.2, -0.15) is 0 Å². The Hall–Kier alpha value is -0.0905. The maximum atomic E-state index is 9.17. The third-order valence-corrected chi connectivity index (χ3v) is 3.64. The Morgan fingerprint density at radius 2 is 2.15 bits per heavy atom. The number of nitrogens with zero attached hydrogens (tertiary/aromatic N) is 2. The molecule has 20 heavy (non-hydrogen) atoms. The van der Waals surface area contributed by atoms with Crippen molar-refractivity contribution >= 4 is 17.0 Å². The van der Waals surface area contributed by atoms with Crippen LogP contribution in [0.3, 0.4) is 0 Å². The number of aliphatic hydroxyl groups is 1. The number of piperidine rings is 1. The van der Waals surface area contributed by atoms with Crippen LogP contribution in [0.2, 0.25) is 0 Å². The Kier molecular flexibility index (Phi) is 7.52. The summed E-state index contributed by atoms with van der Waals surface area (Å²) in [5.41, 5.74) is 3.96. The van der Waals surface area contributed by atoms with Crippen molar-refractivity contribution in [3.05, 3.63) is 42.6 Å². The van der Waals surface area contributed by atoms with Crippen molar-refractivity contribution in [2.24, 2.45) is 4.99 Å². The first-order valence-electron chi connectivity index (χ1n) is 6.64. The molecule has 1 unspecified atom stereocenters. The molecule has 0 saturated carbocycles. The molecule has 1 fully saturated rings. The number of rotatable bonds is 2. The zero-order valence-corrected chi connectivity index (χ0v) is 13.8. The fourth-order valence-corrected chi connectivity index (χ4v) is 2.23. The van der Waals surface area contributed by atoms with E-state index in [9.17, 15) is 5.11 Å². The van der Waals surface area contributed by atoms with E-state index in [1.54, 1.807) is 0 Å². The second-order valence-electron chi connectivity index (χ2n) is 5.11. The fraction of sp³-hybridized carbons (Fsp3) is 0.375. The molecule has 2 rings (SSSR count). The van der Waals surface area contributed by atoms with E-state index in [1.165, 1.54) is 5.71 Å². The SMILES string of the molecule is C/C(=C/O)c1ccccc1N=C1C[CH-]N(C)C(C)C1.[Yb]. The molecule has 1 aliphatic rings. The van der Waals surface area contributed by atoms with Gasteiger partial charge in [-0.25, -0.2) is 0 Å². The first-order chi connectivity index (χ1) is 9.11. The maximum Gasteiger partial charge on any atom is 0.0827 e. The van der Waals surface area contributed by atoms with Crippen LogP contribution < -0.4 is 0 Å². The van der Waals surface area contributed by atoms with Gasteiger partial charge >= 0.3 is 0 Å². The molecule has 1 saturated heterocycles. The van der Waals surface area contributed by atoms with Gasteiger partial charge in [-0.1, -0.05) is 25.1 Å². The summed E-state index contributed by atoms with van der Waals surface area (Å²) in [5.74, 6) is 0.